The highest BCUT2D eigenvalue weighted by Crippen LogP contribution is 2.54. The number of carbonyl (C=O) groups excluding carboxylic acids is 1. The molecule has 212 valence electrons. The number of hydrogen-bond acceptors (Lipinski definition) is 5. The summed E-state index contributed by atoms with van der Waals surface area (Å²) in [7, 11) is 1.62. The van der Waals surface area contributed by atoms with Crippen molar-refractivity contribution < 1.29 is 19.0 Å². The summed E-state index contributed by atoms with van der Waals surface area (Å²) in [5.41, 5.74) is 3.83. The standard InChI is InChI=1S/C34H37N3O4/c1-24(37-18-20-40-21-19-37)23-41-31-15-13-29(27-10-6-7-11-28(27)31)35-33(38)36-30-22-26(12-14-32(30)39-2)34(16-17-34)25-8-4-3-5-9-25/h3-15,22,24H,16-21,23H2,1-2H3,(H2,35,36,38). The molecule has 2 aliphatic rings. The number of morpholine rings is 1. The Morgan fingerprint density at radius 2 is 1.54 bits per heavy atom. The summed E-state index contributed by atoms with van der Waals surface area (Å²) in [6.07, 6.45) is 2.17. The van der Waals surface area contributed by atoms with Crippen molar-refractivity contribution in [3.8, 4) is 11.5 Å². The molecule has 1 saturated carbocycles. The Labute approximate surface area is 241 Å². The number of ether oxygens (including phenoxy) is 3. The Hall–Kier alpha value is -4.07. The van der Waals surface area contributed by atoms with Gasteiger partial charge in [0.1, 0.15) is 18.1 Å². The second-order valence-corrected chi connectivity index (χ2v) is 10.9. The van der Waals surface area contributed by atoms with Gasteiger partial charge in [0.2, 0.25) is 0 Å². The summed E-state index contributed by atoms with van der Waals surface area (Å²) in [5.74, 6) is 1.42. The maximum Gasteiger partial charge on any atom is 0.323 e. The van der Waals surface area contributed by atoms with Crippen LogP contribution in [0.25, 0.3) is 10.8 Å². The molecule has 1 saturated heterocycles. The summed E-state index contributed by atoms with van der Waals surface area (Å²) in [6, 6.07) is 28.4. The average molecular weight is 552 g/mol. The number of nitrogens with one attached hydrogen (secondary N) is 2. The maximum absolute atomic E-state index is 13.3. The SMILES string of the molecule is COc1ccc(C2(c3ccccc3)CC2)cc1NC(=O)Nc1ccc(OCC(C)N2CCOCC2)c2ccccc12. The van der Waals surface area contributed by atoms with Gasteiger partial charge >= 0.3 is 6.03 Å². The van der Waals surface area contributed by atoms with Crippen LogP contribution in [0.15, 0.2) is 84.9 Å². The van der Waals surface area contributed by atoms with E-state index < -0.39 is 0 Å². The molecule has 41 heavy (non-hydrogen) atoms. The first-order valence-electron chi connectivity index (χ1n) is 14.4. The topological polar surface area (TPSA) is 72.1 Å². The molecule has 1 heterocycles. The summed E-state index contributed by atoms with van der Waals surface area (Å²) in [5, 5.41) is 7.96. The van der Waals surface area contributed by atoms with Crippen LogP contribution < -0.4 is 20.1 Å². The molecule has 0 radical (unpaired) electrons. The number of carbonyl (C=O) groups is 1. The molecule has 7 heteroatoms. The molecule has 4 aromatic rings. The van der Waals surface area contributed by atoms with Gasteiger partial charge in [-0.1, -0.05) is 60.7 Å². The Morgan fingerprint density at radius 3 is 2.27 bits per heavy atom. The fourth-order valence-corrected chi connectivity index (χ4v) is 5.85. The quantitative estimate of drug-likeness (QED) is 0.243. The third kappa shape index (κ3) is 5.73. The van der Waals surface area contributed by atoms with Crippen molar-refractivity contribution in [2.45, 2.75) is 31.2 Å². The van der Waals surface area contributed by atoms with E-state index in [-0.39, 0.29) is 17.5 Å². The van der Waals surface area contributed by atoms with E-state index in [4.69, 9.17) is 14.2 Å². The molecule has 1 unspecified atom stereocenters. The number of nitrogens with zero attached hydrogens (tertiary/aromatic N) is 1. The second-order valence-electron chi connectivity index (χ2n) is 10.9. The zero-order valence-electron chi connectivity index (χ0n) is 23.7. The Kier molecular flexibility index (Phi) is 7.81. The molecule has 2 amide bonds. The largest absolute Gasteiger partial charge is 0.495 e. The molecule has 4 aromatic carbocycles. The van der Waals surface area contributed by atoms with Gasteiger partial charge in [-0.05, 0) is 55.2 Å². The van der Waals surface area contributed by atoms with E-state index in [0.29, 0.717) is 23.7 Å². The molecule has 1 atom stereocenters. The van der Waals surface area contributed by atoms with Gasteiger partial charge in [-0.3, -0.25) is 4.90 Å². The number of fused-ring (bicyclic) bond motifs is 1. The molecule has 0 aromatic heterocycles. The maximum atomic E-state index is 13.3. The highest BCUT2D eigenvalue weighted by atomic mass is 16.5. The van der Waals surface area contributed by atoms with Crippen LogP contribution in [0.4, 0.5) is 16.2 Å². The van der Waals surface area contributed by atoms with E-state index in [0.717, 1.165) is 55.7 Å². The van der Waals surface area contributed by atoms with Crippen LogP contribution in [0.1, 0.15) is 30.9 Å². The third-order valence-corrected chi connectivity index (χ3v) is 8.36. The molecule has 7 nitrogen and oxygen atoms in total. The van der Waals surface area contributed by atoms with Gasteiger partial charge < -0.3 is 24.8 Å². The fourth-order valence-electron chi connectivity index (χ4n) is 5.85. The minimum atomic E-state index is -0.329. The van der Waals surface area contributed by atoms with E-state index in [2.05, 4.69) is 52.8 Å². The molecule has 1 aliphatic carbocycles. The minimum absolute atomic E-state index is 0.00819. The van der Waals surface area contributed by atoms with Crippen molar-refractivity contribution in [2.24, 2.45) is 0 Å². The number of urea groups is 1. The Balaban J connectivity index is 1.18. The predicted octanol–water partition coefficient (Wildman–Crippen LogP) is 6.67. The lowest BCUT2D eigenvalue weighted by Crippen LogP contribution is -2.44. The van der Waals surface area contributed by atoms with Crippen LogP contribution in [-0.2, 0) is 10.2 Å². The molecular formula is C34H37N3O4. The summed E-state index contributed by atoms with van der Waals surface area (Å²) >= 11 is 0. The van der Waals surface area contributed by atoms with Crippen LogP contribution in [-0.4, -0.2) is 57.0 Å². The van der Waals surface area contributed by atoms with Gasteiger partial charge in [-0.2, -0.15) is 0 Å². The summed E-state index contributed by atoms with van der Waals surface area (Å²) in [4.78, 5) is 15.7. The monoisotopic (exact) mass is 551 g/mol. The van der Waals surface area contributed by atoms with Crippen LogP contribution >= 0.6 is 0 Å². The Morgan fingerprint density at radius 1 is 0.854 bits per heavy atom. The van der Waals surface area contributed by atoms with E-state index >= 15 is 0 Å². The molecule has 0 bridgehead atoms. The van der Waals surface area contributed by atoms with E-state index in [1.807, 2.05) is 54.6 Å². The van der Waals surface area contributed by atoms with Crippen molar-refractivity contribution >= 4 is 28.2 Å². The smallest absolute Gasteiger partial charge is 0.323 e. The lowest BCUT2D eigenvalue weighted by Gasteiger charge is -2.32. The molecule has 1 aliphatic heterocycles. The number of hydrogen-bond donors (Lipinski definition) is 2. The minimum Gasteiger partial charge on any atom is -0.495 e. The van der Waals surface area contributed by atoms with Crippen molar-refractivity contribution in [3.63, 3.8) is 0 Å². The molecule has 6 rings (SSSR count). The van der Waals surface area contributed by atoms with Crippen molar-refractivity contribution in [2.75, 3.05) is 50.7 Å². The van der Waals surface area contributed by atoms with Gasteiger partial charge in [0.15, 0.2) is 0 Å². The van der Waals surface area contributed by atoms with Crippen molar-refractivity contribution in [1.82, 2.24) is 4.90 Å². The number of benzene rings is 4. The summed E-state index contributed by atoms with van der Waals surface area (Å²) < 4.78 is 17.4. The van der Waals surface area contributed by atoms with Gasteiger partial charge in [-0.15, -0.1) is 0 Å². The van der Waals surface area contributed by atoms with Crippen LogP contribution in [0.3, 0.4) is 0 Å². The number of amides is 2. The molecular weight excluding hydrogens is 514 g/mol. The Bertz CT molecular complexity index is 1510. The van der Waals surface area contributed by atoms with Crippen LogP contribution in [0.5, 0.6) is 11.5 Å². The van der Waals surface area contributed by atoms with Gasteiger partial charge in [0.05, 0.1) is 31.7 Å². The molecule has 2 fully saturated rings. The number of anilines is 2. The van der Waals surface area contributed by atoms with Gasteiger partial charge in [-0.25, -0.2) is 4.79 Å². The zero-order chi connectivity index (χ0) is 28.2. The van der Waals surface area contributed by atoms with Crippen LogP contribution in [0.2, 0.25) is 0 Å². The fraction of sp³-hybridized carbons (Fsp3) is 0.324. The van der Waals surface area contributed by atoms with Crippen molar-refractivity contribution in [1.29, 1.82) is 0 Å². The zero-order valence-corrected chi connectivity index (χ0v) is 23.7. The number of methoxy groups -OCH3 is 1. The normalized spacial score (nSPS) is 17.0. The second kappa shape index (κ2) is 11.8. The van der Waals surface area contributed by atoms with E-state index in [1.165, 1.54) is 11.1 Å². The van der Waals surface area contributed by atoms with Crippen molar-refractivity contribution in [3.05, 3.63) is 96.1 Å². The third-order valence-electron chi connectivity index (χ3n) is 8.36. The van der Waals surface area contributed by atoms with E-state index in [1.54, 1.807) is 7.11 Å². The first-order chi connectivity index (χ1) is 20.1. The first-order valence-corrected chi connectivity index (χ1v) is 14.4. The number of rotatable bonds is 9. The van der Waals surface area contributed by atoms with Gasteiger partial charge in [0, 0.05) is 35.3 Å². The molecule has 2 N–H and O–H groups in total. The summed E-state index contributed by atoms with van der Waals surface area (Å²) in [6.45, 7) is 6.13. The highest BCUT2D eigenvalue weighted by Gasteiger charge is 2.46. The molecule has 0 spiro atoms. The lowest BCUT2D eigenvalue weighted by molar-refractivity contribution is 0.0106. The average Bonchev–Trinajstić information content (AvgIpc) is 3.84. The lowest BCUT2D eigenvalue weighted by atomic mass is 9.88. The van der Waals surface area contributed by atoms with Crippen LogP contribution in [0, 0.1) is 0 Å². The van der Waals surface area contributed by atoms with Gasteiger partial charge in [0.25, 0.3) is 0 Å². The predicted molar refractivity (Wildman–Crippen MR) is 163 cm³/mol. The first kappa shape index (κ1) is 27.1. The van der Waals surface area contributed by atoms with E-state index in [9.17, 15) is 4.79 Å². The highest BCUT2D eigenvalue weighted by molar-refractivity contribution is 6.08.